The molecule has 1 atom stereocenters. The molecule has 1 aliphatic carbocycles. The molecule has 0 radical (unpaired) electrons. The van der Waals surface area contributed by atoms with E-state index in [1.165, 1.54) is 17.5 Å². The van der Waals surface area contributed by atoms with Crippen molar-refractivity contribution in [2.75, 3.05) is 6.54 Å². The minimum absolute atomic E-state index is 0.176. The number of hydrogen-bond acceptors (Lipinski definition) is 3. The number of nitrogens with zero attached hydrogens (tertiary/aromatic N) is 3. The van der Waals surface area contributed by atoms with Crippen molar-refractivity contribution < 1.29 is 4.79 Å². The van der Waals surface area contributed by atoms with Crippen LogP contribution in [0.5, 0.6) is 0 Å². The Kier molecular flexibility index (Phi) is 4.29. The first kappa shape index (κ1) is 15.6. The van der Waals surface area contributed by atoms with Gasteiger partial charge in [-0.05, 0) is 42.5 Å². The molecule has 0 bridgehead atoms. The summed E-state index contributed by atoms with van der Waals surface area (Å²) in [6, 6.07) is 18.2. The SMILES string of the molecule is O=C(NCC1CCCc2ccccc21)c1cn(-c2ccccc2)nn1. The molecule has 1 aromatic heterocycles. The molecule has 1 unspecified atom stereocenters. The molecule has 5 heteroatoms. The number of aromatic nitrogens is 3. The molecular weight excluding hydrogens is 312 g/mol. The molecule has 0 saturated heterocycles. The van der Waals surface area contributed by atoms with E-state index in [4.69, 9.17) is 0 Å². The Morgan fingerprint density at radius 2 is 1.92 bits per heavy atom. The van der Waals surface area contributed by atoms with E-state index in [0.29, 0.717) is 18.2 Å². The third kappa shape index (κ3) is 3.31. The van der Waals surface area contributed by atoms with Gasteiger partial charge in [-0.15, -0.1) is 5.10 Å². The topological polar surface area (TPSA) is 59.8 Å². The summed E-state index contributed by atoms with van der Waals surface area (Å²) < 4.78 is 1.62. The number of hydrogen-bond donors (Lipinski definition) is 1. The number of nitrogens with one attached hydrogen (secondary N) is 1. The monoisotopic (exact) mass is 332 g/mol. The second-order valence-corrected chi connectivity index (χ2v) is 6.38. The lowest BCUT2D eigenvalue weighted by Crippen LogP contribution is -2.30. The number of amides is 1. The maximum Gasteiger partial charge on any atom is 0.273 e. The first-order valence-corrected chi connectivity index (χ1v) is 8.65. The summed E-state index contributed by atoms with van der Waals surface area (Å²) in [4.78, 5) is 12.4. The molecule has 3 aromatic rings. The third-order valence-corrected chi connectivity index (χ3v) is 4.75. The zero-order chi connectivity index (χ0) is 17.1. The Balaban J connectivity index is 1.43. The zero-order valence-electron chi connectivity index (χ0n) is 13.9. The molecule has 25 heavy (non-hydrogen) atoms. The largest absolute Gasteiger partial charge is 0.350 e. The first-order valence-electron chi connectivity index (χ1n) is 8.65. The maximum absolute atomic E-state index is 12.4. The fourth-order valence-electron chi connectivity index (χ4n) is 3.45. The van der Waals surface area contributed by atoms with Crippen LogP contribution in [-0.2, 0) is 6.42 Å². The van der Waals surface area contributed by atoms with Gasteiger partial charge in [-0.3, -0.25) is 4.79 Å². The van der Waals surface area contributed by atoms with Crippen LogP contribution in [0.1, 0.15) is 40.4 Å². The highest BCUT2D eigenvalue weighted by atomic mass is 16.2. The summed E-state index contributed by atoms with van der Waals surface area (Å²) in [6.07, 6.45) is 5.07. The lowest BCUT2D eigenvalue weighted by atomic mass is 9.83. The molecule has 0 spiro atoms. The fourth-order valence-corrected chi connectivity index (χ4v) is 3.45. The van der Waals surface area contributed by atoms with Crippen LogP contribution in [0, 0.1) is 0 Å². The van der Waals surface area contributed by atoms with Crippen LogP contribution in [0.25, 0.3) is 5.69 Å². The highest BCUT2D eigenvalue weighted by Gasteiger charge is 2.21. The van der Waals surface area contributed by atoms with Crippen molar-refractivity contribution in [2.24, 2.45) is 0 Å². The Labute approximate surface area is 146 Å². The Morgan fingerprint density at radius 3 is 2.80 bits per heavy atom. The molecule has 1 N–H and O–H groups in total. The summed E-state index contributed by atoms with van der Waals surface area (Å²) in [5, 5.41) is 11.1. The van der Waals surface area contributed by atoms with Crippen LogP contribution < -0.4 is 5.32 Å². The maximum atomic E-state index is 12.4. The van der Waals surface area contributed by atoms with E-state index in [2.05, 4.69) is 39.9 Å². The second-order valence-electron chi connectivity index (χ2n) is 6.38. The van der Waals surface area contributed by atoms with Gasteiger partial charge in [0.1, 0.15) is 0 Å². The van der Waals surface area contributed by atoms with E-state index in [1.807, 2.05) is 30.3 Å². The molecule has 126 valence electrons. The number of para-hydroxylation sites is 1. The Morgan fingerprint density at radius 1 is 1.12 bits per heavy atom. The third-order valence-electron chi connectivity index (χ3n) is 4.75. The smallest absolute Gasteiger partial charge is 0.273 e. The van der Waals surface area contributed by atoms with E-state index in [1.54, 1.807) is 10.9 Å². The van der Waals surface area contributed by atoms with Crippen molar-refractivity contribution in [3.63, 3.8) is 0 Å². The summed E-state index contributed by atoms with van der Waals surface area (Å²) in [5.41, 5.74) is 3.99. The van der Waals surface area contributed by atoms with Crippen LogP contribution in [0.3, 0.4) is 0 Å². The van der Waals surface area contributed by atoms with Crippen molar-refractivity contribution in [2.45, 2.75) is 25.2 Å². The van der Waals surface area contributed by atoms with Gasteiger partial charge in [0, 0.05) is 12.5 Å². The first-order chi connectivity index (χ1) is 12.3. The van der Waals surface area contributed by atoms with Crippen molar-refractivity contribution in [3.05, 3.63) is 77.6 Å². The van der Waals surface area contributed by atoms with E-state index in [-0.39, 0.29) is 5.91 Å². The highest BCUT2D eigenvalue weighted by Crippen LogP contribution is 2.30. The van der Waals surface area contributed by atoms with Crippen LogP contribution in [0.2, 0.25) is 0 Å². The predicted octanol–water partition coefficient (Wildman–Crippen LogP) is 3.12. The standard InChI is InChI=1S/C20H20N4O/c25-20(19-14-24(23-22-19)17-10-2-1-3-11-17)21-13-16-9-6-8-15-7-4-5-12-18(15)16/h1-5,7,10-12,14,16H,6,8-9,13H2,(H,21,25). The summed E-state index contributed by atoms with van der Waals surface area (Å²) in [6.45, 7) is 0.633. The van der Waals surface area contributed by atoms with Gasteiger partial charge >= 0.3 is 0 Å². The van der Waals surface area contributed by atoms with Gasteiger partial charge < -0.3 is 5.32 Å². The molecule has 5 nitrogen and oxygen atoms in total. The number of carbonyl (C=O) groups excluding carboxylic acids is 1. The molecular formula is C20H20N4O. The van der Waals surface area contributed by atoms with E-state index in [0.717, 1.165) is 18.5 Å². The minimum Gasteiger partial charge on any atom is -0.350 e. The highest BCUT2D eigenvalue weighted by molar-refractivity contribution is 5.91. The van der Waals surface area contributed by atoms with Crippen molar-refractivity contribution in [1.29, 1.82) is 0 Å². The van der Waals surface area contributed by atoms with Gasteiger partial charge in [-0.1, -0.05) is 47.7 Å². The van der Waals surface area contributed by atoms with Crippen molar-refractivity contribution >= 4 is 5.91 Å². The van der Waals surface area contributed by atoms with Gasteiger partial charge in [-0.25, -0.2) is 4.68 Å². The number of fused-ring (bicyclic) bond motifs is 1. The lowest BCUT2D eigenvalue weighted by Gasteiger charge is -2.25. The van der Waals surface area contributed by atoms with Crippen LogP contribution in [0.15, 0.2) is 60.8 Å². The molecule has 0 saturated carbocycles. The average molecular weight is 332 g/mol. The molecule has 0 fully saturated rings. The summed E-state index contributed by atoms with van der Waals surface area (Å²) in [5.74, 6) is 0.198. The van der Waals surface area contributed by atoms with Gasteiger partial charge in [0.05, 0.1) is 11.9 Å². The number of carbonyl (C=O) groups is 1. The lowest BCUT2D eigenvalue weighted by molar-refractivity contribution is 0.0945. The average Bonchev–Trinajstić information content (AvgIpc) is 3.17. The van der Waals surface area contributed by atoms with Gasteiger partial charge in [-0.2, -0.15) is 0 Å². The Hall–Kier alpha value is -2.95. The zero-order valence-corrected chi connectivity index (χ0v) is 13.9. The van der Waals surface area contributed by atoms with Crippen molar-refractivity contribution in [1.82, 2.24) is 20.3 Å². The number of rotatable bonds is 4. The van der Waals surface area contributed by atoms with E-state index >= 15 is 0 Å². The molecule has 1 aliphatic rings. The fraction of sp³-hybridized carbons (Fsp3) is 0.250. The minimum atomic E-state index is -0.176. The van der Waals surface area contributed by atoms with Crippen LogP contribution in [-0.4, -0.2) is 27.4 Å². The summed E-state index contributed by atoms with van der Waals surface area (Å²) in [7, 11) is 0. The molecule has 1 amide bonds. The van der Waals surface area contributed by atoms with Gasteiger partial charge in [0.15, 0.2) is 5.69 Å². The molecule has 2 aromatic carbocycles. The predicted molar refractivity (Wildman–Crippen MR) is 95.8 cm³/mol. The van der Waals surface area contributed by atoms with Crippen LogP contribution in [0.4, 0.5) is 0 Å². The normalized spacial score (nSPS) is 16.2. The molecule has 4 rings (SSSR count). The number of aryl methyl sites for hydroxylation is 1. The van der Waals surface area contributed by atoms with E-state index < -0.39 is 0 Å². The van der Waals surface area contributed by atoms with Gasteiger partial charge in [0.25, 0.3) is 5.91 Å². The Bertz CT molecular complexity index is 872. The molecule has 0 aliphatic heterocycles. The number of benzene rings is 2. The second kappa shape index (κ2) is 6.89. The van der Waals surface area contributed by atoms with E-state index in [9.17, 15) is 4.79 Å². The van der Waals surface area contributed by atoms with Crippen LogP contribution >= 0.6 is 0 Å². The molecule has 1 heterocycles. The quantitative estimate of drug-likeness (QED) is 0.798. The van der Waals surface area contributed by atoms with Gasteiger partial charge in [0.2, 0.25) is 0 Å². The van der Waals surface area contributed by atoms with Crippen molar-refractivity contribution in [3.8, 4) is 5.69 Å². The summed E-state index contributed by atoms with van der Waals surface area (Å²) >= 11 is 0.